The maximum Gasteiger partial charge on any atom is 0.318 e. The maximum absolute atomic E-state index is 11.0. The van der Waals surface area contributed by atoms with E-state index in [2.05, 4.69) is 5.10 Å². The molecule has 0 radical (unpaired) electrons. The molecule has 82 valence electrons. The van der Waals surface area contributed by atoms with Gasteiger partial charge in [-0.15, -0.1) is 0 Å². The number of benzene rings is 1. The monoisotopic (exact) mass is 330 g/mol. The van der Waals surface area contributed by atoms with Crippen LogP contribution >= 0.6 is 22.6 Å². The predicted octanol–water partition coefficient (Wildman–Crippen LogP) is 1.97. The molecule has 2 N–H and O–H groups in total. The molecule has 0 saturated heterocycles. The Kier molecular flexibility index (Phi) is 2.77. The third-order valence-corrected chi connectivity index (χ3v) is 2.92. The minimum atomic E-state index is -0.492. The second kappa shape index (κ2) is 4.08. The van der Waals surface area contributed by atoms with Crippen LogP contribution in [0.15, 0.2) is 30.6 Å². The number of nitrogens with zero attached hydrogens (tertiary/aromatic N) is 3. The Morgan fingerprint density at radius 2 is 2.25 bits per heavy atom. The molecular formula is C9H7IN4O2. The van der Waals surface area contributed by atoms with Crippen molar-refractivity contribution in [3.8, 4) is 5.69 Å². The zero-order valence-corrected chi connectivity index (χ0v) is 10.2. The lowest BCUT2D eigenvalue weighted by atomic mass is 10.2. The van der Waals surface area contributed by atoms with E-state index in [9.17, 15) is 10.1 Å². The fraction of sp³-hybridized carbons (Fsp3) is 0. The second-order valence-corrected chi connectivity index (χ2v) is 4.20. The average molecular weight is 330 g/mol. The molecule has 0 fully saturated rings. The standard InChI is InChI=1S/C9H7IN4O2/c10-6-2-3-7(11)9(14(15)16)8(6)13-5-1-4-12-13/h1-5H,11H2. The Balaban J connectivity index is 2.76. The quantitative estimate of drug-likeness (QED) is 0.395. The number of hydrogen-bond acceptors (Lipinski definition) is 4. The lowest BCUT2D eigenvalue weighted by Gasteiger charge is -2.07. The Labute approximate surface area is 104 Å². The first-order chi connectivity index (χ1) is 7.61. The maximum atomic E-state index is 11.0. The fourth-order valence-corrected chi connectivity index (χ4v) is 2.06. The van der Waals surface area contributed by atoms with E-state index in [0.717, 1.165) is 3.57 Å². The molecule has 0 aliphatic rings. The predicted molar refractivity (Wildman–Crippen MR) is 67.3 cm³/mol. The van der Waals surface area contributed by atoms with Crippen LogP contribution in [0.4, 0.5) is 11.4 Å². The van der Waals surface area contributed by atoms with Crippen molar-refractivity contribution in [2.24, 2.45) is 0 Å². The van der Waals surface area contributed by atoms with E-state index in [1.165, 1.54) is 10.7 Å². The minimum absolute atomic E-state index is 0.115. The van der Waals surface area contributed by atoms with Crippen LogP contribution in [0.5, 0.6) is 0 Å². The van der Waals surface area contributed by atoms with Gasteiger partial charge in [-0.05, 0) is 40.8 Å². The topological polar surface area (TPSA) is 87.0 Å². The van der Waals surface area contributed by atoms with Crippen LogP contribution in [0.1, 0.15) is 0 Å². The summed E-state index contributed by atoms with van der Waals surface area (Å²) in [6.07, 6.45) is 3.20. The first-order valence-electron chi connectivity index (χ1n) is 4.33. The smallest absolute Gasteiger partial charge is 0.318 e. The summed E-state index contributed by atoms with van der Waals surface area (Å²) < 4.78 is 2.16. The van der Waals surface area contributed by atoms with Crippen LogP contribution in [-0.2, 0) is 0 Å². The van der Waals surface area contributed by atoms with Crippen LogP contribution in [0.25, 0.3) is 5.69 Å². The number of nitrogen functional groups attached to an aromatic ring is 1. The van der Waals surface area contributed by atoms with Gasteiger partial charge in [-0.1, -0.05) is 0 Å². The van der Waals surface area contributed by atoms with Crippen molar-refractivity contribution in [3.05, 3.63) is 44.3 Å². The van der Waals surface area contributed by atoms with Crippen molar-refractivity contribution in [1.82, 2.24) is 9.78 Å². The lowest BCUT2D eigenvalue weighted by Crippen LogP contribution is -2.06. The number of nitrogens with two attached hydrogens (primary N) is 1. The number of nitro benzene ring substituents is 1. The van der Waals surface area contributed by atoms with E-state index >= 15 is 0 Å². The molecule has 0 spiro atoms. The van der Waals surface area contributed by atoms with Crippen LogP contribution in [-0.4, -0.2) is 14.7 Å². The van der Waals surface area contributed by atoms with Crippen molar-refractivity contribution in [2.75, 3.05) is 5.73 Å². The minimum Gasteiger partial charge on any atom is -0.393 e. The highest BCUT2D eigenvalue weighted by Crippen LogP contribution is 2.32. The third kappa shape index (κ3) is 1.73. The van der Waals surface area contributed by atoms with E-state index in [1.54, 1.807) is 24.5 Å². The van der Waals surface area contributed by atoms with Crippen LogP contribution in [0.3, 0.4) is 0 Å². The highest BCUT2D eigenvalue weighted by molar-refractivity contribution is 14.1. The van der Waals surface area contributed by atoms with Crippen LogP contribution in [0.2, 0.25) is 0 Å². The molecule has 2 rings (SSSR count). The Morgan fingerprint density at radius 1 is 1.50 bits per heavy atom. The molecule has 0 bridgehead atoms. The summed E-state index contributed by atoms with van der Waals surface area (Å²) in [5.41, 5.74) is 6.03. The molecule has 0 unspecified atom stereocenters. The van der Waals surface area contributed by atoms with Gasteiger partial charge < -0.3 is 5.73 Å². The van der Waals surface area contributed by atoms with Crippen molar-refractivity contribution in [2.45, 2.75) is 0 Å². The van der Waals surface area contributed by atoms with Gasteiger partial charge in [0.1, 0.15) is 5.69 Å². The summed E-state index contributed by atoms with van der Waals surface area (Å²) in [7, 11) is 0. The molecule has 1 aromatic heterocycles. The largest absolute Gasteiger partial charge is 0.393 e. The molecule has 2 aromatic rings. The average Bonchev–Trinajstić information content (AvgIpc) is 2.73. The van der Waals surface area contributed by atoms with Gasteiger partial charge in [0, 0.05) is 16.0 Å². The van der Waals surface area contributed by atoms with Gasteiger partial charge in [-0.25, -0.2) is 4.68 Å². The first-order valence-corrected chi connectivity index (χ1v) is 5.41. The number of hydrogen-bond donors (Lipinski definition) is 1. The Morgan fingerprint density at radius 3 is 2.81 bits per heavy atom. The van der Waals surface area contributed by atoms with Gasteiger partial charge in [-0.3, -0.25) is 10.1 Å². The van der Waals surface area contributed by atoms with Crippen LogP contribution < -0.4 is 5.73 Å². The summed E-state index contributed by atoms with van der Waals surface area (Å²) in [6, 6.07) is 4.94. The van der Waals surface area contributed by atoms with Gasteiger partial charge in [0.05, 0.1) is 4.92 Å². The molecule has 1 heterocycles. The van der Waals surface area contributed by atoms with Crippen LogP contribution in [0, 0.1) is 13.7 Å². The lowest BCUT2D eigenvalue weighted by molar-refractivity contribution is -0.383. The molecule has 7 heteroatoms. The molecule has 6 nitrogen and oxygen atoms in total. The van der Waals surface area contributed by atoms with Crippen molar-refractivity contribution < 1.29 is 4.92 Å². The molecule has 0 aliphatic heterocycles. The summed E-state index contributed by atoms with van der Waals surface area (Å²) in [6.45, 7) is 0. The molecule has 1 aromatic carbocycles. The van der Waals surface area contributed by atoms with E-state index in [1.807, 2.05) is 22.6 Å². The first kappa shape index (κ1) is 10.9. The summed E-state index contributed by atoms with van der Waals surface area (Å²) in [5, 5.41) is 15.0. The molecule has 0 saturated carbocycles. The number of aromatic nitrogens is 2. The van der Waals surface area contributed by atoms with Gasteiger partial charge in [0.25, 0.3) is 0 Å². The van der Waals surface area contributed by atoms with Gasteiger partial charge in [0.15, 0.2) is 5.69 Å². The normalized spacial score (nSPS) is 10.3. The summed E-state index contributed by atoms with van der Waals surface area (Å²) in [4.78, 5) is 10.5. The summed E-state index contributed by atoms with van der Waals surface area (Å²) in [5.74, 6) is 0. The van der Waals surface area contributed by atoms with E-state index in [-0.39, 0.29) is 11.4 Å². The zero-order chi connectivity index (χ0) is 11.7. The second-order valence-electron chi connectivity index (χ2n) is 3.04. The van der Waals surface area contributed by atoms with Gasteiger partial charge >= 0.3 is 5.69 Å². The number of halogens is 1. The fourth-order valence-electron chi connectivity index (χ4n) is 1.38. The van der Waals surface area contributed by atoms with E-state index in [0.29, 0.717) is 5.69 Å². The number of nitro groups is 1. The molecule has 0 amide bonds. The van der Waals surface area contributed by atoms with Crippen molar-refractivity contribution in [1.29, 1.82) is 0 Å². The van der Waals surface area contributed by atoms with E-state index < -0.39 is 4.92 Å². The zero-order valence-electron chi connectivity index (χ0n) is 8.00. The van der Waals surface area contributed by atoms with Gasteiger partial charge in [-0.2, -0.15) is 5.10 Å². The number of rotatable bonds is 2. The molecule has 0 atom stereocenters. The Hall–Kier alpha value is -1.64. The summed E-state index contributed by atoms with van der Waals surface area (Å²) >= 11 is 2.02. The third-order valence-electron chi connectivity index (χ3n) is 2.05. The molecule has 16 heavy (non-hydrogen) atoms. The molecule has 0 aliphatic carbocycles. The SMILES string of the molecule is Nc1ccc(I)c(-n2cccn2)c1[N+](=O)[O-]. The highest BCUT2D eigenvalue weighted by atomic mass is 127. The Bertz CT molecular complexity index is 539. The molecular weight excluding hydrogens is 323 g/mol. The highest BCUT2D eigenvalue weighted by Gasteiger charge is 2.22. The van der Waals surface area contributed by atoms with Crippen molar-refractivity contribution >= 4 is 34.0 Å². The number of anilines is 1. The van der Waals surface area contributed by atoms with Crippen molar-refractivity contribution in [3.63, 3.8) is 0 Å². The van der Waals surface area contributed by atoms with E-state index in [4.69, 9.17) is 5.73 Å². The van der Waals surface area contributed by atoms with Gasteiger partial charge in [0.2, 0.25) is 0 Å².